The second kappa shape index (κ2) is 14.4. The number of furan rings is 1. The third-order valence-corrected chi connectivity index (χ3v) is 10.5. The average molecular weight is 681 g/mol. The Bertz CT molecular complexity index is 2050. The highest BCUT2D eigenvalue weighted by molar-refractivity contribution is 7.92. The number of esters is 1. The summed E-state index contributed by atoms with van der Waals surface area (Å²) >= 11 is 0. The van der Waals surface area contributed by atoms with Crippen molar-refractivity contribution in [3.63, 3.8) is 0 Å². The number of rotatable bonds is 11. The summed E-state index contributed by atoms with van der Waals surface area (Å²) in [7, 11) is -4.07. The van der Waals surface area contributed by atoms with Gasteiger partial charge in [0.2, 0.25) is 11.7 Å². The van der Waals surface area contributed by atoms with E-state index in [4.69, 9.17) is 9.15 Å². The van der Waals surface area contributed by atoms with Crippen molar-refractivity contribution in [1.82, 2.24) is 0 Å². The van der Waals surface area contributed by atoms with E-state index in [1.165, 1.54) is 17.3 Å². The number of anilines is 4. The van der Waals surface area contributed by atoms with Crippen molar-refractivity contribution in [3.8, 4) is 0 Å². The van der Waals surface area contributed by atoms with Crippen LogP contribution in [0.15, 0.2) is 106 Å². The van der Waals surface area contributed by atoms with Gasteiger partial charge in [0.15, 0.2) is 0 Å². The van der Waals surface area contributed by atoms with E-state index in [0.29, 0.717) is 41.7 Å². The number of hydrogen-bond acceptors (Lipinski definition) is 8. The highest BCUT2D eigenvalue weighted by Crippen LogP contribution is 2.36. The van der Waals surface area contributed by atoms with Crippen molar-refractivity contribution in [2.75, 3.05) is 58.8 Å². The van der Waals surface area contributed by atoms with E-state index in [-0.39, 0.29) is 29.7 Å². The minimum absolute atomic E-state index is 0.0699. The molecular formula is C38H40N4O6S. The molecule has 1 fully saturated rings. The first-order valence-electron chi connectivity index (χ1n) is 16.4. The quantitative estimate of drug-likeness (QED) is 0.155. The van der Waals surface area contributed by atoms with E-state index in [2.05, 4.69) is 15.1 Å². The highest BCUT2D eigenvalue weighted by Gasteiger charge is 2.30. The number of carbonyl (C=O) groups excluding carboxylic acids is 2. The molecule has 1 amide bonds. The molecule has 0 atom stereocenters. The van der Waals surface area contributed by atoms with Gasteiger partial charge in [-0.05, 0) is 80.4 Å². The van der Waals surface area contributed by atoms with Crippen molar-refractivity contribution in [1.29, 1.82) is 0 Å². The predicted molar refractivity (Wildman–Crippen MR) is 193 cm³/mol. The van der Waals surface area contributed by atoms with E-state index < -0.39 is 16.0 Å². The number of ether oxygens (including phenoxy) is 1. The van der Waals surface area contributed by atoms with E-state index in [0.717, 1.165) is 35.7 Å². The number of nitrogens with zero attached hydrogens (tertiary/aromatic N) is 3. The van der Waals surface area contributed by atoms with Gasteiger partial charge in [-0.2, -0.15) is 0 Å². The van der Waals surface area contributed by atoms with Gasteiger partial charge in [-0.15, -0.1) is 0 Å². The van der Waals surface area contributed by atoms with Crippen LogP contribution in [0.1, 0.15) is 35.5 Å². The fourth-order valence-corrected chi connectivity index (χ4v) is 7.74. The lowest BCUT2D eigenvalue weighted by Gasteiger charge is -2.39. The molecule has 5 aromatic rings. The fourth-order valence-electron chi connectivity index (χ4n) is 6.23. The Morgan fingerprint density at radius 3 is 2.24 bits per heavy atom. The van der Waals surface area contributed by atoms with Crippen LogP contribution in [0.3, 0.4) is 0 Å². The van der Waals surface area contributed by atoms with Crippen LogP contribution in [0, 0.1) is 6.92 Å². The van der Waals surface area contributed by atoms with Crippen LogP contribution < -0.4 is 19.4 Å². The number of hydrogen-bond donors (Lipinski definition) is 1. The molecule has 11 heteroatoms. The van der Waals surface area contributed by atoms with Gasteiger partial charge in [0, 0.05) is 62.0 Å². The average Bonchev–Trinajstić information content (AvgIpc) is 3.45. The predicted octanol–water partition coefficient (Wildman–Crippen LogP) is 6.64. The highest BCUT2D eigenvalue weighted by atomic mass is 32.2. The SMILES string of the molecule is CCOC(=O)c1oc2ccc(S(=O)(=O)N(CCc3ccccc3)c3ccccc3N3CCN(c4ccc(NC(C)=O)cc4)CC3)cc2c1C. The molecule has 0 bridgehead atoms. The minimum Gasteiger partial charge on any atom is -0.460 e. The number of sulfonamides is 1. The number of nitrogens with one attached hydrogen (secondary N) is 1. The fraction of sp³-hybridized carbons (Fsp3) is 0.263. The Kier molecular flexibility index (Phi) is 9.91. The molecule has 1 aromatic heterocycles. The number of carbonyl (C=O) groups is 2. The number of piperazine rings is 1. The molecule has 6 rings (SSSR count). The zero-order valence-corrected chi connectivity index (χ0v) is 28.7. The van der Waals surface area contributed by atoms with Crippen LogP contribution >= 0.6 is 0 Å². The molecule has 1 saturated heterocycles. The van der Waals surface area contributed by atoms with Crippen molar-refractivity contribution >= 4 is 55.6 Å². The number of aryl methyl sites for hydroxylation is 1. The van der Waals surface area contributed by atoms with Gasteiger partial charge in [0.1, 0.15) is 5.58 Å². The maximum Gasteiger partial charge on any atom is 0.374 e. The lowest BCUT2D eigenvalue weighted by molar-refractivity contribution is -0.114. The Morgan fingerprint density at radius 2 is 1.55 bits per heavy atom. The van der Waals surface area contributed by atoms with Crippen molar-refractivity contribution in [3.05, 3.63) is 114 Å². The normalized spacial score (nSPS) is 13.4. The summed E-state index contributed by atoms with van der Waals surface area (Å²) in [5.74, 6) is -0.623. The van der Waals surface area contributed by atoms with Crippen LogP contribution in [-0.2, 0) is 26.0 Å². The molecule has 1 aliphatic rings. The summed E-state index contributed by atoms with van der Waals surface area (Å²) in [6.07, 6.45) is 0.511. The maximum atomic E-state index is 14.7. The number of benzene rings is 4. The van der Waals surface area contributed by atoms with Crippen molar-refractivity contribution in [2.45, 2.75) is 32.1 Å². The minimum atomic E-state index is -4.07. The summed E-state index contributed by atoms with van der Waals surface area (Å²) in [4.78, 5) is 28.6. The van der Waals surface area contributed by atoms with E-state index >= 15 is 0 Å². The van der Waals surface area contributed by atoms with Crippen LogP contribution in [0.4, 0.5) is 22.7 Å². The summed E-state index contributed by atoms with van der Waals surface area (Å²) in [6, 6.07) is 30.0. The maximum absolute atomic E-state index is 14.7. The van der Waals surface area contributed by atoms with Crippen LogP contribution in [0.25, 0.3) is 11.0 Å². The topological polar surface area (TPSA) is 112 Å². The molecule has 1 aliphatic heterocycles. The van der Waals surface area contributed by atoms with Gasteiger partial charge in [-0.1, -0.05) is 42.5 Å². The van der Waals surface area contributed by atoms with E-state index in [9.17, 15) is 18.0 Å². The first-order chi connectivity index (χ1) is 23.7. The Balaban J connectivity index is 1.31. The number of para-hydroxylation sites is 2. The van der Waals surface area contributed by atoms with Gasteiger partial charge in [0.05, 0.1) is 22.9 Å². The van der Waals surface area contributed by atoms with Gasteiger partial charge in [-0.25, -0.2) is 13.2 Å². The van der Waals surface area contributed by atoms with E-state index in [1.807, 2.05) is 78.9 Å². The molecule has 0 saturated carbocycles. The van der Waals surface area contributed by atoms with Gasteiger partial charge >= 0.3 is 5.97 Å². The third-order valence-electron chi connectivity index (χ3n) is 8.73. The van der Waals surface area contributed by atoms with Gasteiger partial charge < -0.3 is 24.3 Å². The van der Waals surface area contributed by atoms with Crippen LogP contribution in [0.2, 0.25) is 0 Å². The molecule has 254 valence electrons. The summed E-state index contributed by atoms with van der Waals surface area (Å²) in [5.41, 5.74) is 5.22. The molecule has 0 unspecified atom stereocenters. The Labute approximate surface area is 286 Å². The first kappa shape index (κ1) is 33.6. The second-order valence-electron chi connectivity index (χ2n) is 11.9. The van der Waals surface area contributed by atoms with Gasteiger partial charge in [0.25, 0.3) is 10.0 Å². The number of fused-ring (bicyclic) bond motifs is 1. The first-order valence-corrected chi connectivity index (χ1v) is 17.8. The molecule has 0 radical (unpaired) electrons. The molecule has 2 heterocycles. The lowest BCUT2D eigenvalue weighted by Crippen LogP contribution is -2.47. The van der Waals surface area contributed by atoms with Gasteiger partial charge in [-0.3, -0.25) is 9.10 Å². The molecule has 49 heavy (non-hydrogen) atoms. The molecule has 0 aliphatic carbocycles. The number of amides is 1. The second-order valence-corrected chi connectivity index (χ2v) is 13.8. The smallest absolute Gasteiger partial charge is 0.374 e. The largest absolute Gasteiger partial charge is 0.460 e. The molecule has 0 spiro atoms. The summed E-state index contributed by atoms with van der Waals surface area (Å²) < 4.78 is 41.8. The summed E-state index contributed by atoms with van der Waals surface area (Å²) in [6.45, 7) is 8.22. The lowest BCUT2D eigenvalue weighted by atomic mass is 10.1. The van der Waals surface area contributed by atoms with E-state index in [1.54, 1.807) is 26.0 Å². The van der Waals surface area contributed by atoms with Crippen LogP contribution in [-0.4, -0.2) is 59.6 Å². The molecular weight excluding hydrogens is 641 g/mol. The van der Waals surface area contributed by atoms with Crippen molar-refractivity contribution < 1.29 is 27.2 Å². The molecule has 1 N–H and O–H groups in total. The zero-order valence-electron chi connectivity index (χ0n) is 27.9. The standard InChI is InChI=1S/C38H40N4O6S/c1-4-47-38(44)37-27(2)33-26-32(18-19-36(33)48-37)49(45,46)42(21-20-29-10-6-5-7-11-29)35-13-9-8-12-34(35)41-24-22-40(23-25-41)31-16-14-30(15-17-31)39-28(3)43/h5-19,26H,4,20-25H2,1-3H3,(H,39,43). The Morgan fingerprint density at radius 1 is 0.878 bits per heavy atom. The van der Waals surface area contributed by atoms with Crippen LogP contribution in [0.5, 0.6) is 0 Å². The Hall–Kier alpha value is -5.29. The molecule has 10 nitrogen and oxygen atoms in total. The molecule has 4 aromatic carbocycles. The monoisotopic (exact) mass is 680 g/mol. The summed E-state index contributed by atoms with van der Waals surface area (Å²) in [5, 5.41) is 3.35. The van der Waals surface area contributed by atoms with Crippen molar-refractivity contribution in [2.24, 2.45) is 0 Å². The zero-order chi connectivity index (χ0) is 34.5. The third kappa shape index (κ3) is 7.26.